The molecule has 0 radical (unpaired) electrons. The summed E-state index contributed by atoms with van der Waals surface area (Å²) in [6, 6.07) is 13.3. The molecule has 5 nitrogen and oxygen atoms in total. The first-order chi connectivity index (χ1) is 13.0. The molecule has 0 bridgehead atoms. The number of aliphatic hydroxyl groups is 1. The molecule has 2 N–H and O–H groups in total. The number of hydrogen-bond donors (Lipinski definition) is 2. The molecule has 0 atom stereocenters. The smallest absolute Gasteiger partial charge is 0.255 e. The van der Waals surface area contributed by atoms with Crippen LogP contribution >= 0.6 is 0 Å². The van der Waals surface area contributed by atoms with Gasteiger partial charge in [0.25, 0.3) is 5.91 Å². The summed E-state index contributed by atoms with van der Waals surface area (Å²) < 4.78 is 10.5. The zero-order valence-electron chi connectivity index (χ0n) is 16.3. The van der Waals surface area contributed by atoms with Crippen molar-refractivity contribution in [1.29, 1.82) is 0 Å². The number of ether oxygens (including phenoxy) is 2. The third-order valence-electron chi connectivity index (χ3n) is 4.41. The zero-order valence-corrected chi connectivity index (χ0v) is 16.3. The number of methoxy groups -OCH3 is 2. The first-order valence-corrected chi connectivity index (χ1v) is 8.94. The van der Waals surface area contributed by atoms with Gasteiger partial charge in [0.2, 0.25) is 0 Å². The molecule has 0 aromatic heterocycles. The van der Waals surface area contributed by atoms with E-state index in [1.54, 1.807) is 14.2 Å². The normalized spacial score (nSPS) is 11.4. The van der Waals surface area contributed by atoms with Crippen molar-refractivity contribution in [2.45, 2.75) is 26.2 Å². The van der Waals surface area contributed by atoms with Crippen molar-refractivity contribution < 1.29 is 19.4 Å². The fourth-order valence-corrected chi connectivity index (χ4v) is 2.76. The lowest BCUT2D eigenvalue weighted by Crippen LogP contribution is -2.26. The molecule has 0 aliphatic heterocycles. The van der Waals surface area contributed by atoms with Gasteiger partial charge in [0.1, 0.15) is 0 Å². The number of nitrogens with one attached hydrogen (secondary N) is 1. The summed E-state index contributed by atoms with van der Waals surface area (Å²) in [4.78, 5) is 12.4. The van der Waals surface area contributed by atoms with Crippen molar-refractivity contribution in [2.24, 2.45) is 0 Å². The summed E-state index contributed by atoms with van der Waals surface area (Å²) in [5.74, 6) is 1.43. The minimum absolute atomic E-state index is 0.248. The van der Waals surface area contributed by atoms with Crippen LogP contribution in [-0.2, 0) is 11.2 Å². The highest BCUT2D eigenvalue weighted by atomic mass is 16.5. The molecule has 0 saturated carbocycles. The van der Waals surface area contributed by atoms with Crippen LogP contribution in [0.5, 0.6) is 11.5 Å². The molecule has 2 aromatic rings. The average Bonchev–Trinajstić information content (AvgIpc) is 2.68. The number of hydrogen-bond acceptors (Lipinski definition) is 4. The van der Waals surface area contributed by atoms with Gasteiger partial charge < -0.3 is 19.9 Å². The molecule has 0 heterocycles. The molecule has 144 valence electrons. The fraction of sp³-hybridized carbons (Fsp3) is 0.318. The average molecular weight is 369 g/mol. The lowest BCUT2D eigenvalue weighted by atomic mass is 9.99. The largest absolute Gasteiger partial charge is 0.515 e. The molecule has 27 heavy (non-hydrogen) atoms. The van der Waals surface area contributed by atoms with Crippen LogP contribution in [0.4, 0.5) is 0 Å². The number of amides is 1. The Labute approximate surface area is 160 Å². The Morgan fingerprint density at radius 2 is 1.74 bits per heavy atom. The maximum absolute atomic E-state index is 12.4. The quantitative estimate of drug-likeness (QED) is 0.543. The fourth-order valence-electron chi connectivity index (χ4n) is 2.76. The number of aliphatic hydroxyl groups excluding tert-OH is 1. The molecular formula is C22H27NO4. The molecule has 0 spiro atoms. The van der Waals surface area contributed by atoms with E-state index < -0.39 is 0 Å². The van der Waals surface area contributed by atoms with Gasteiger partial charge in [-0.3, -0.25) is 4.79 Å². The van der Waals surface area contributed by atoms with E-state index in [0.717, 1.165) is 11.8 Å². The van der Waals surface area contributed by atoms with Gasteiger partial charge >= 0.3 is 0 Å². The molecule has 1 amide bonds. The summed E-state index contributed by atoms with van der Waals surface area (Å²) >= 11 is 0. The molecule has 0 unspecified atom stereocenters. The van der Waals surface area contributed by atoms with E-state index in [1.807, 2.05) is 42.5 Å². The second kappa shape index (κ2) is 9.67. The molecule has 2 rings (SSSR count). The van der Waals surface area contributed by atoms with Crippen molar-refractivity contribution in [2.75, 3.05) is 20.8 Å². The Kier molecular flexibility index (Phi) is 7.29. The van der Waals surface area contributed by atoms with E-state index >= 15 is 0 Å². The lowest BCUT2D eigenvalue weighted by Gasteiger charge is -2.11. The topological polar surface area (TPSA) is 67.8 Å². The van der Waals surface area contributed by atoms with Gasteiger partial charge in [-0.1, -0.05) is 44.2 Å². The standard InChI is InChI=1S/C22H27NO4/c1-15(2)17-6-8-18(9-7-17)19(14-24)22(25)23-12-11-16-5-10-20(26-3)21(13-16)27-4/h5-10,13-15,24H,11-12H2,1-4H3,(H,23,25)/b19-14-. The maximum atomic E-state index is 12.4. The third-order valence-corrected chi connectivity index (χ3v) is 4.41. The SMILES string of the molecule is COc1ccc(CCNC(=O)/C(=C\O)c2ccc(C(C)C)cc2)cc1OC. The van der Waals surface area contributed by atoms with Crippen LogP contribution in [0.2, 0.25) is 0 Å². The summed E-state index contributed by atoms with van der Waals surface area (Å²) in [7, 11) is 3.18. The number of carbonyl (C=O) groups excluding carboxylic acids is 1. The van der Waals surface area contributed by atoms with Gasteiger partial charge in [0, 0.05) is 6.54 Å². The maximum Gasteiger partial charge on any atom is 0.255 e. The number of benzene rings is 2. The first kappa shape index (κ1) is 20.4. The van der Waals surface area contributed by atoms with E-state index in [0.29, 0.717) is 35.9 Å². The van der Waals surface area contributed by atoms with Crippen LogP contribution in [0.25, 0.3) is 5.57 Å². The highest BCUT2D eigenvalue weighted by molar-refractivity contribution is 6.19. The van der Waals surface area contributed by atoms with Gasteiger partial charge in [-0.05, 0) is 41.2 Å². The Morgan fingerprint density at radius 3 is 2.30 bits per heavy atom. The summed E-state index contributed by atoms with van der Waals surface area (Å²) in [5.41, 5.74) is 3.14. The van der Waals surface area contributed by atoms with Crippen molar-refractivity contribution in [3.63, 3.8) is 0 Å². The Morgan fingerprint density at radius 1 is 1.07 bits per heavy atom. The molecular weight excluding hydrogens is 342 g/mol. The van der Waals surface area contributed by atoms with E-state index in [9.17, 15) is 9.90 Å². The van der Waals surface area contributed by atoms with E-state index in [2.05, 4.69) is 19.2 Å². The molecule has 5 heteroatoms. The van der Waals surface area contributed by atoms with Crippen LogP contribution in [-0.4, -0.2) is 31.8 Å². The monoisotopic (exact) mass is 369 g/mol. The molecule has 0 saturated heterocycles. The summed E-state index contributed by atoms with van der Waals surface area (Å²) in [6.07, 6.45) is 1.49. The van der Waals surface area contributed by atoms with Gasteiger partial charge in [-0.2, -0.15) is 0 Å². The molecule has 0 aliphatic rings. The van der Waals surface area contributed by atoms with Crippen LogP contribution in [0, 0.1) is 0 Å². The minimum atomic E-state index is -0.310. The Bertz CT molecular complexity index is 794. The van der Waals surface area contributed by atoms with Crippen molar-refractivity contribution in [3.8, 4) is 11.5 Å². The Hall–Kier alpha value is -2.95. The van der Waals surface area contributed by atoms with Crippen LogP contribution in [0.15, 0.2) is 48.7 Å². The predicted octanol–water partition coefficient (Wildman–Crippen LogP) is 4.09. The lowest BCUT2D eigenvalue weighted by molar-refractivity contribution is -0.115. The number of carbonyl (C=O) groups is 1. The summed E-state index contributed by atoms with van der Waals surface area (Å²) in [6.45, 7) is 4.66. The van der Waals surface area contributed by atoms with Crippen molar-refractivity contribution in [3.05, 3.63) is 65.4 Å². The van der Waals surface area contributed by atoms with Gasteiger partial charge in [0.15, 0.2) is 11.5 Å². The van der Waals surface area contributed by atoms with Crippen molar-refractivity contribution in [1.82, 2.24) is 5.32 Å². The van der Waals surface area contributed by atoms with Gasteiger partial charge in [0.05, 0.1) is 26.1 Å². The first-order valence-electron chi connectivity index (χ1n) is 8.94. The van der Waals surface area contributed by atoms with E-state index in [1.165, 1.54) is 5.56 Å². The highest BCUT2D eigenvalue weighted by Gasteiger charge is 2.13. The predicted molar refractivity (Wildman–Crippen MR) is 107 cm³/mol. The molecule has 0 fully saturated rings. The Balaban J connectivity index is 1.97. The second-order valence-electron chi connectivity index (χ2n) is 6.51. The summed E-state index contributed by atoms with van der Waals surface area (Å²) in [5, 5.41) is 12.4. The second-order valence-corrected chi connectivity index (χ2v) is 6.51. The van der Waals surface area contributed by atoms with Crippen LogP contribution < -0.4 is 14.8 Å². The highest BCUT2D eigenvalue weighted by Crippen LogP contribution is 2.27. The minimum Gasteiger partial charge on any atom is -0.515 e. The van der Waals surface area contributed by atoms with Crippen LogP contribution in [0.1, 0.15) is 36.5 Å². The zero-order chi connectivity index (χ0) is 19.8. The van der Waals surface area contributed by atoms with E-state index in [-0.39, 0.29) is 11.5 Å². The molecule has 2 aromatic carbocycles. The van der Waals surface area contributed by atoms with Crippen molar-refractivity contribution >= 4 is 11.5 Å². The third kappa shape index (κ3) is 5.26. The van der Waals surface area contributed by atoms with Gasteiger partial charge in [-0.15, -0.1) is 0 Å². The van der Waals surface area contributed by atoms with Gasteiger partial charge in [-0.25, -0.2) is 0 Å². The van der Waals surface area contributed by atoms with E-state index in [4.69, 9.17) is 9.47 Å². The number of rotatable bonds is 8. The van der Waals surface area contributed by atoms with Crippen LogP contribution in [0.3, 0.4) is 0 Å². The molecule has 0 aliphatic carbocycles.